The van der Waals surface area contributed by atoms with Gasteiger partial charge in [-0.1, -0.05) is 0 Å². The fraction of sp³-hybridized carbons (Fsp3) is 0.500. The highest BCUT2D eigenvalue weighted by atomic mass is 19.1. The molecule has 2 rings (SSSR count). The number of nitriles is 1. The quantitative estimate of drug-likeness (QED) is 0.822. The summed E-state index contributed by atoms with van der Waals surface area (Å²) in [6, 6.07) is 6.58. The summed E-state index contributed by atoms with van der Waals surface area (Å²) >= 11 is 0. The van der Waals surface area contributed by atoms with E-state index in [4.69, 9.17) is 10.00 Å². The second kappa shape index (κ2) is 5.83. The standard InChI is InChI=1S/C14H17FN2O/c1-2-17(10-13-4-3-7-18-13)12-6-5-11(9-16)14(15)8-12/h5-6,8,13H,2-4,7,10H2,1H3. The molecule has 0 spiro atoms. The molecule has 1 aromatic rings. The van der Waals surface area contributed by atoms with E-state index < -0.39 is 5.82 Å². The van der Waals surface area contributed by atoms with Gasteiger partial charge < -0.3 is 9.64 Å². The maximum atomic E-state index is 13.6. The average Bonchev–Trinajstić information content (AvgIpc) is 2.88. The van der Waals surface area contributed by atoms with Crippen molar-refractivity contribution < 1.29 is 9.13 Å². The van der Waals surface area contributed by atoms with Gasteiger partial charge in [0.05, 0.1) is 11.7 Å². The normalized spacial score (nSPS) is 18.6. The van der Waals surface area contributed by atoms with E-state index in [2.05, 4.69) is 4.90 Å². The van der Waals surface area contributed by atoms with Crippen molar-refractivity contribution in [3.63, 3.8) is 0 Å². The summed E-state index contributed by atoms with van der Waals surface area (Å²) in [5, 5.41) is 8.71. The molecule has 18 heavy (non-hydrogen) atoms. The highest BCUT2D eigenvalue weighted by Gasteiger charge is 2.19. The third kappa shape index (κ3) is 2.80. The van der Waals surface area contributed by atoms with Crippen molar-refractivity contribution in [3.05, 3.63) is 29.6 Å². The molecule has 0 amide bonds. The molecule has 1 heterocycles. The minimum atomic E-state index is -0.458. The van der Waals surface area contributed by atoms with Crippen LogP contribution >= 0.6 is 0 Å². The summed E-state index contributed by atoms with van der Waals surface area (Å²) in [5.74, 6) is -0.458. The van der Waals surface area contributed by atoms with E-state index in [0.29, 0.717) is 0 Å². The number of halogens is 1. The molecule has 0 saturated carbocycles. The van der Waals surface area contributed by atoms with Crippen LogP contribution in [0.4, 0.5) is 10.1 Å². The van der Waals surface area contributed by atoms with Gasteiger partial charge in [0.15, 0.2) is 0 Å². The summed E-state index contributed by atoms with van der Waals surface area (Å²) in [6.07, 6.45) is 2.41. The number of rotatable bonds is 4. The minimum absolute atomic E-state index is 0.0897. The van der Waals surface area contributed by atoms with Crippen LogP contribution in [0.3, 0.4) is 0 Å². The summed E-state index contributed by atoms with van der Waals surface area (Å²) in [7, 11) is 0. The molecule has 1 aromatic carbocycles. The summed E-state index contributed by atoms with van der Waals surface area (Å²) in [6.45, 7) is 4.43. The Labute approximate surface area is 107 Å². The maximum Gasteiger partial charge on any atom is 0.143 e. The second-order valence-electron chi connectivity index (χ2n) is 4.45. The molecule has 4 heteroatoms. The molecule has 0 aromatic heterocycles. The average molecular weight is 248 g/mol. The lowest BCUT2D eigenvalue weighted by Gasteiger charge is -2.26. The highest BCUT2D eigenvalue weighted by Crippen LogP contribution is 2.21. The number of likely N-dealkylation sites (N-methyl/N-ethyl adjacent to an activating group) is 1. The Morgan fingerprint density at radius 2 is 2.39 bits per heavy atom. The molecule has 1 aliphatic rings. The van der Waals surface area contributed by atoms with Crippen molar-refractivity contribution in [3.8, 4) is 6.07 Å². The largest absolute Gasteiger partial charge is 0.376 e. The lowest BCUT2D eigenvalue weighted by molar-refractivity contribution is 0.115. The lowest BCUT2D eigenvalue weighted by Crippen LogP contribution is -2.32. The molecular weight excluding hydrogens is 231 g/mol. The van der Waals surface area contributed by atoms with Crippen LogP contribution < -0.4 is 4.90 Å². The van der Waals surface area contributed by atoms with Crippen molar-refractivity contribution in [2.45, 2.75) is 25.9 Å². The Morgan fingerprint density at radius 3 is 2.94 bits per heavy atom. The van der Waals surface area contributed by atoms with Crippen LogP contribution in [0.15, 0.2) is 18.2 Å². The number of anilines is 1. The fourth-order valence-electron chi connectivity index (χ4n) is 2.24. The number of ether oxygens (including phenoxy) is 1. The summed E-state index contributed by atoms with van der Waals surface area (Å²) in [4.78, 5) is 2.08. The van der Waals surface area contributed by atoms with Crippen molar-refractivity contribution in [1.29, 1.82) is 5.26 Å². The number of hydrogen-bond acceptors (Lipinski definition) is 3. The van der Waals surface area contributed by atoms with Crippen LogP contribution in [0.1, 0.15) is 25.3 Å². The number of nitrogens with zero attached hydrogens (tertiary/aromatic N) is 2. The van der Waals surface area contributed by atoms with Crippen LogP contribution in [-0.2, 0) is 4.74 Å². The van der Waals surface area contributed by atoms with E-state index in [1.807, 2.05) is 13.0 Å². The molecule has 1 aliphatic heterocycles. The van der Waals surface area contributed by atoms with Crippen molar-refractivity contribution in [1.82, 2.24) is 0 Å². The Balaban J connectivity index is 2.11. The molecule has 1 fully saturated rings. The van der Waals surface area contributed by atoms with Gasteiger partial charge in [0.1, 0.15) is 11.9 Å². The van der Waals surface area contributed by atoms with E-state index in [0.717, 1.165) is 38.2 Å². The number of benzene rings is 1. The predicted octanol–water partition coefficient (Wildman–Crippen LogP) is 2.70. The molecule has 1 saturated heterocycles. The topological polar surface area (TPSA) is 36.3 Å². The Morgan fingerprint density at radius 1 is 1.56 bits per heavy atom. The molecular formula is C14H17FN2O. The first-order valence-corrected chi connectivity index (χ1v) is 6.30. The van der Waals surface area contributed by atoms with E-state index in [1.165, 1.54) is 12.1 Å². The Hall–Kier alpha value is -1.60. The first-order valence-electron chi connectivity index (χ1n) is 6.30. The predicted molar refractivity (Wildman–Crippen MR) is 68.0 cm³/mol. The highest BCUT2D eigenvalue weighted by molar-refractivity contribution is 5.50. The zero-order valence-corrected chi connectivity index (χ0v) is 10.5. The first-order chi connectivity index (χ1) is 8.74. The Bertz CT molecular complexity index is 450. The SMILES string of the molecule is CCN(CC1CCCO1)c1ccc(C#N)c(F)c1. The molecule has 0 radical (unpaired) electrons. The molecule has 96 valence electrons. The second-order valence-corrected chi connectivity index (χ2v) is 4.45. The van der Waals surface area contributed by atoms with Gasteiger partial charge in [0.2, 0.25) is 0 Å². The van der Waals surface area contributed by atoms with Crippen molar-refractivity contribution >= 4 is 5.69 Å². The van der Waals surface area contributed by atoms with Crippen LogP contribution in [0, 0.1) is 17.1 Å². The lowest BCUT2D eigenvalue weighted by atomic mass is 10.1. The van der Waals surface area contributed by atoms with E-state index >= 15 is 0 Å². The fourth-order valence-corrected chi connectivity index (χ4v) is 2.24. The van der Waals surface area contributed by atoms with E-state index in [1.54, 1.807) is 6.07 Å². The monoisotopic (exact) mass is 248 g/mol. The smallest absolute Gasteiger partial charge is 0.143 e. The van der Waals surface area contributed by atoms with Gasteiger partial charge in [0, 0.05) is 25.4 Å². The van der Waals surface area contributed by atoms with Crippen LogP contribution in [-0.4, -0.2) is 25.8 Å². The van der Waals surface area contributed by atoms with Crippen LogP contribution in [0.5, 0.6) is 0 Å². The van der Waals surface area contributed by atoms with Gasteiger partial charge in [-0.2, -0.15) is 5.26 Å². The van der Waals surface area contributed by atoms with E-state index in [-0.39, 0.29) is 11.7 Å². The first kappa shape index (κ1) is 12.8. The minimum Gasteiger partial charge on any atom is -0.376 e. The third-order valence-corrected chi connectivity index (χ3v) is 3.27. The van der Waals surface area contributed by atoms with Gasteiger partial charge >= 0.3 is 0 Å². The van der Waals surface area contributed by atoms with Gasteiger partial charge in [-0.25, -0.2) is 4.39 Å². The molecule has 1 unspecified atom stereocenters. The molecule has 1 atom stereocenters. The van der Waals surface area contributed by atoms with Gasteiger partial charge in [-0.15, -0.1) is 0 Å². The maximum absolute atomic E-state index is 13.6. The molecule has 3 nitrogen and oxygen atoms in total. The zero-order chi connectivity index (χ0) is 13.0. The van der Waals surface area contributed by atoms with Crippen molar-refractivity contribution in [2.75, 3.05) is 24.6 Å². The Kier molecular flexibility index (Phi) is 4.16. The van der Waals surface area contributed by atoms with E-state index in [9.17, 15) is 4.39 Å². The molecule has 0 bridgehead atoms. The third-order valence-electron chi connectivity index (χ3n) is 3.27. The van der Waals surface area contributed by atoms with Crippen LogP contribution in [0.25, 0.3) is 0 Å². The molecule has 0 aliphatic carbocycles. The van der Waals surface area contributed by atoms with Gasteiger partial charge in [-0.3, -0.25) is 0 Å². The summed E-state index contributed by atoms with van der Waals surface area (Å²) < 4.78 is 19.2. The van der Waals surface area contributed by atoms with Crippen LogP contribution in [0.2, 0.25) is 0 Å². The number of hydrogen-bond donors (Lipinski definition) is 0. The van der Waals surface area contributed by atoms with Crippen molar-refractivity contribution in [2.24, 2.45) is 0 Å². The van der Waals surface area contributed by atoms with Gasteiger partial charge in [0.25, 0.3) is 0 Å². The van der Waals surface area contributed by atoms with Gasteiger partial charge in [-0.05, 0) is 38.0 Å². The molecule has 0 N–H and O–H groups in total. The summed E-state index contributed by atoms with van der Waals surface area (Å²) in [5.41, 5.74) is 0.899. The zero-order valence-electron chi connectivity index (χ0n) is 10.5.